The first-order valence-electron chi connectivity index (χ1n) is 17.1. The molecule has 0 fully saturated rings. The summed E-state index contributed by atoms with van der Waals surface area (Å²) < 4.78 is 6.61. The van der Waals surface area contributed by atoms with Gasteiger partial charge in [0.15, 0.2) is 17.5 Å². The Morgan fingerprint density at radius 2 is 0.804 bits per heavy atom. The van der Waals surface area contributed by atoms with Crippen molar-refractivity contribution in [1.82, 2.24) is 15.0 Å². The van der Waals surface area contributed by atoms with Gasteiger partial charge in [0, 0.05) is 32.8 Å². The number of fused-ring (bicyclic) bond motifs is 6. The van der Waals surface area contributed by atoms with Gasteiger partial charge in [-0.3, -0.25) is 0 Å². The molecule has 0 saturated heterocycles. The van der Waals surface area contributed by atoms with E-state index in [-0.39, 0.29) is 0 Å². The maximum Gasteiger partial charge on any atom is 0.164 e. The van der Waals surface area contributed by atoms with Gasteiger partial charge in [0.2, 0.25) is 0 Å². The maximum atomic E-state index is 6.61. The van der Waals surface area contributed by atoms with E-state index in [1.807, 2.05) is 72.8 Å². The fraction of sp³-hybridized carbons (Fsp3) is 0. The fourth-order valence-electron chi connectivity index (χ4n) is 7.13. The number of furan rings is 1. The Morgan fingerprint density at radius 3 is 1.45 bits per heavy atom. The van der Waals surface area contributed by atoms with E-state index in [4.69, 9.17) is 19.4 Å². The Bertz CT molecular complexity index is 2840. The van der Waals surface area contributed by atoms with E-state index < -0.39 is 0 Å². The summed E-state index contributed by atoms with van der Waals surface area (Å²) in [6, 6.07) is 61.1. The Balaban J connectivity index is 1.18. The van der Waals surface area contributed by atoms with E-state index in [1.165, 1.54) is 21.9 Å². The summed E-state index contributed by atoms with van der Waals surface area (Å²) >= 11 is 0. The highest BCUT2D eigenvalue weighted by Gasteiger charge is 2.19. The molecule has 51 heavy (non-hydrogen) atoms. The van der Waals surface area contributed by atoms with Gasteiger partial charge in [-0.1, -0.05) is 146 Å². The molecule has 0 saturated carbocycles. The van der Waals surface area contributed by atoms with Gasteiger partial charge >= 0.3 is 0 Å². The van der Waals surface area contributed by atoms with Crippen molar-refractivity contribution in [2.24, 2.45) is 0 Å². The van der Waals surface area contributed by atoms with Crippen molar-refractivity contribution in [1.29, 1.82) is 0 Å². The largest absolute Gasteiger partial charge is 0.455 e. The molecule has 10 aromatic rings. The Hall–Kier alpha value is -6.91. The van der Waals surface area contributed by atoms with E-state index in [1.54, 1.807) is 0 Å². The molecule has 4 heteroatoms. The topological polar surface area (TPSA) is 51.8 Å². The predicted octanol–water partition coefficient (Wildman–Crippen LogP) is 12.4. The molecule has 0 N–H and O–H groups in total. The molecule has 0 aliphatic rings. The zero-order chi connectivity index (χ0) is 33.7. The van der Waals surface area contributed by atoms with Gasteiger partial charge in [-0.15, -0.1) is 0 Å². The van der Waals surface area contributed by atoms with Gasteiger partial charge in [-0.05, 0) is 68.7 Å². The van der Waals surface area contributed by atoms with E-state index >= 15 is 0 Å². The molecule has 0 aliphatic carbocycles. The quantitative estimate of drug-likeness (QED) is 0.186. The first-order chi connectivity index (χ1) is 25.2. The molecule has 2 heterocycles. The zero-order valence-corrected chi connectivity index (χ0v) is 27.5. The summed E-state index contributed by atoms with van der Waals surface area (Å²) in [5, 5.41) is 6.52. The standard InChI is InChI=1S/C47H29N3O/c1-4-12-30(13-5-1)33-20-21-35-27-36(23-22-34(35)26-33)37-24-25-38-40(28-37)44-41(39-18-10-11-19-43(39)51-44)29-42(38)47-49-45(31-14-6-2-7-15-31)48-46(50-47)32-16-8-3-9-17-32/h1-29H. The molecule has 0 amide bonds. The van der Waals surface area contributed by atoms with Crippen LogP contribution in [0.5, 0.6) is 0 Å². The van der Waals surface area contributed by atoms with Crippen molar-refractivity contribution >= 4 is 43.5 Å². The van der Waals surface area contributed by atoms with Crippen LogP contribution in [0.2, 0.25) is 0 Å². The lowest BCUT2D eigenvalue weighted by Crippen LogP contribution is -2.00. The lowest BCUT2D eigenvalue weighted by Gasteiger charge is -2.12. The molecule has 0 radical (unpaired) electrons. The number of nitrogens with zero attached hydrogens (tertiary/aromatic N) is 3. The number of hydrogen-bond acceptors (Lipinski definition) is 4. The van der Waals surface area contributed by atoms with Crippen molar-refractivity contribution in [3.05, 3.63) is 176 Å². The van der Waals surface area contributed by atoms with Crippen LogP contribution >= 0.6 is 0 Å². The van der Waals surface area contributed by atoms with E-state index in [2.05, 4.69) is 103 Å². The summed E-state index contributed by atoms with van der Waals surface area (Å²) in [6.07, 6.45) is 0. The monoisotopic (exact) mass is 651 g/mol. The smallest absolute Gasteiger partial charge is 0.164 e. The minimum Gasteiger partial charge on any atom is -0.455 e. The minimum atomic E-state index is 0.618. The van der Waals surface area contributed by atoms with Crippen molar-refractivity contribution < 1.29 is 4.42 Å². The number of aromatic nitrogens is 3. The van der Waals surface area contributed by atoms with Crippen LogP contribution in [0.25, 0.3) is 99.9 Å². The Morgan fingerprint density at radius 1 is 0.314 bits per heavy atom. The first kappa shape index (κ1) is 29.0. The van der Waals surface area contributed by atoms with Crippen LogP contribution < -0.4 is 0 Å². The van der Waals surface area contributed by atoms with Crippen LogP contribution in [0, 0.1) is 0 Å². The second-order valence-electron chi connectivity index (χ2n) is 12.8. The van der Waals surface area contributed by atoms with Gasteiger partial charge in [0.1, 0.15) is 11.2 Å². The minimum absolute atomic E-state index is 0.618. The third kappa shape index (κ3) is 5.13. The van der Waals surface area contributed by atoms with Crippen LogP contribution in [-0.4, -0.2) is 15.0 Å². The number of benzene rings is 8. The summed E-state index contributed by atoms with van der Waals surface area (Å²) in [5.41, 5.74) is 9.19. The SMILES string of the molecule is c1ccc(-c2ccc3cc(-c4ccc5c(-c6nc(-c7ccccc7)nc(-c7ccccc7)n6)cc6c7ccccc7oc6c5c4)ccc3c2)cc1. The normalized spacial score (nSPS) is 11.5. The van der Waals surface area contributed by atoms with Crippen LogP contribution in [0.3, 0.4) is 0 Å². The summed E-state index contributed by atoms with van der Waals surface area (Å²) in [6.45, 7) is 0. The van der Waals surface area contributed by atoms with Crippen LogP contribution in [-0.2, 0) is 0 Å². The average molecular weight is 652 g/mol. The van der Waals surface area contributed by atoms with Crippen molar-refractivity contribution in [3.8, 4) is 56.4 Å². The van der Waals surface area contributed by atoms with Gasteiger partial charge < -0.3 is 4.42 Å². The maximum absolute atomic E-state index is 6.61. The molecule has 2 aromatic heterocycles. The summed E-state index contributed by atoms with van der Waals surface area (Å²) in [5.74, 6) is 1.88. The van der Waals surface area contributed by atoms with Gasteiger partial charge in [0.05, 0.1) is 0 Å². The van der Waals surface area contributed by atoms with Crippen molar-refractivity contribution in [2.45, 2.75) is 0 Å². The van der Waals surface area contributed by atoms with E-state index in [9.17, 15) is 0 Å². The predicted molar refractivity (Wildman–Crippen MR) is 209 cm³/mol. The second kappa shape index (κ2) is 11.9. The molecule has 0 unspecified atom stereocenters. The highest BCUT2D eigenvalue weighted by atomic mass is 16.3. The molecule has 0 aliphatic heterocycles. The number of rotatable bonds is 5. The molecule has 0 spiro atoms. The van der Waals surface area contributed by atoms with Gasteiger partial charge in [-0.2, -0.15) is 0 Å². The Labute approximate surface area is 294 Å². The third-order valence-corrected chi connectivity index (χ3v) is 9.70. The Kier molecular flexibility index (Phi) is 6.78. The average Bonchev–Trinajstić information content (AvgIpc) is 3.60. The lowest BCUT2D eigenvalue weighted by atomic mass is 9.94. The number of hydrogen-bond donors (Lipinski definition) is 0. The summed E-state index contributed by atoms with van der Waals surface area (Å²) in [4.78, 5) is 15.2. The molecule has 0 bridgehead atoms. The van der Waals surface area contributed by atoms with Crippen molar-refractivity contribution in [3.63, 3.8) is 0 Å². The first-order valence-corrected chi connectivity index (χ1v) is 17.1. The highest BCUT2D eigenvalue weighted by molar-refractivity contribution is 6.19. The molecule has 4 nitrogen and oxygen atoms in total. The van der Waals surface area contributed by atoms with E-state index in [0.717, 1.165) is 60.5 Å². The van der Waals surface area contributed by atoms with Crippen LogP contribution in [0.4, 0.5) is 0 Å². The molecule has 8 aromatic carbocycles. The summed E-state index contributed by atoms with van der Waals surface area (Å²) in [7, 11) is 0. The van der Waals surface area contributed by atoms with E-state index in [0.29, 0.717) is 17.5 Å². The van der Waals surface area contributed by atoms with Gasteiger partial charge in [-0.25, -0.2) is 15.0 Å². The third-order valence-electron chi connectivity index (χ3n) is 9.70. The molecular weight excluding hydrogens is 623 g/mol. The fourth-order valence-corrected chi connectivity index (χ4v) is 7.13. The lowest BCUT2D eigenvalue weighted by molar-refractivity contribution is 0.672. The molecule has 10 rings (SSSR count). The highest BCUT2D eigenvalue weighted by Crippen LogP contribution is 2.41. The zero-order valence-electron chi connectivity index (χ0n) is 27.5. The molecular formula is C47H29N3O. The second-order valence-corrected chi connectivity index (χ2v) is 12.8. The van der Waals surface area contributed by atoms with Gasteiger partial charge in [0.25, 0.3) is 0 Å². The van der Waals surface area contributed by atoms with Crippen LogP contribution in [0.15, 0.2) is 180 Å². The molecule has 0 atom stereocenters. The van der Waals surface area contributed by atoms with Crippen LogP contribution in [0.1, 0.15) is 0 Å². The number of para-hydroxylation sites is 1. The molecule has 238 valence electrons. The van der Waals surface area contributed by atoms with Crippen molar-refractivity contribution in [2.75, 3.05) is 0 Å².